The highest BCUT2D eigenvalue weighted by Crippen LogP contribution is 2.32. The van der Waals surface area contributed by atoms with Gasteiger partial charge < -0.3 is 0 Å². The second kappa shape index (κ2) is 3.44. The molecule has 0 heterocycles. The Morgan fingerprint density at radius 2 is 1.92 bits per heavy atom. The predicted octanol–water partition coefficient (Wildman–Crippen LogP) is 3.96. The van der Waals surface area contributed by atoms with E-state index < -0.39 is 0 Å². The summed E-state index contributed by atoms with van der Waals surface area (Å²) in [4.78, 5) is 0. The van der Waals surface area contributed by atoms with Gasteiger partial charge in [-0.05, 0) is 25.0 Å². The van der Waals surface area contributed by atoms with E-state index in [4.69, 9.17) is 0 Å². The fourth-order valence-corrected chi connectivity index (χ4v) is 1.58. The Hall–Kier alpha value is -0.560. The lowest BCUT2D eigenvalue weighted by molar-refractivity contribution is 0.801. The Bertz CT molecular complexity index is 281. The van der Waals surface area contributed by atoms with Crippen molar-refractivity contribution >= 4 is 22.0 Å². The van der Waals surface area contributed by atoms with Crippen LogP contribution in [0.25, 0.3) is 6.08 Å². The maximum absolute atomic E-state index is 3.78. The molecule has 1 aromatic carbocycles. The largest absolute Gasteiger partial charge is 0.0985 e. The minimum atomic E-state index is 0.0256. The van der Waals surface area contributed by atoms with Crippen LogP contribution < -0.4 is 0 Å². The van der Waals surface area contributed by atoms with Crippen LogP contribution in [0.4, 0.5) is 0 Å². The van der Waals surface area contributed by atoms with Crippen LogP contribution in [0, 0.1) is 0 Å². The molecular formula is C11H13Br. The molecule has 1 rings (SSSR count). The van der Waals surface area contributed by atoms with Gasteiger partial charge in [0, 0.05) is 4.32 Å². The number of benzene rings is 1. The van der Waals surface area contributed by atoms with E-state index in [0.717, 1.165) is 0 Å². The third-order valence-corrected chi connectivity index (χ3v) is 2.25. The Balaban J connectivity index is 3.23. The van der Waals surface area contributed by atoms with Crippen LogP contribution in [0.5, 0.6) is 0 Å². The van der Waals surface area contributed by atoms with Crippen molar-refractivity contribution in [3.05, 3.63) is 42.0 Å². The lowest BCUT2D eigenvalue weighted by Gasteiger charge is -2.19. The second-order valence-electron chi connectivity index (χ2n) is 3.26. The average molecular weight is 225 g/mol. The summed E-state index contributed by atoms with van der Waals surface area (Å²) in [6.07, 6.45) is 1.89. The highest BCUT2D eigenvalue weighted by molar-refractivity contribution is 9.09. The summed E-state index contributed by atoms with van der Waals surface area (Å²) in [5.41, 5.74) is 2.47. The molecule has 0 bridgehead atoms. The van der Waals surface area contributed by atoms with E-state index in [1.165, 1.54) is 11.1 Å². The minimum Gasteiger partial charge on any atom is -0.0985 e. The van der Waals surface area contributed by atoms with Crippen molar-refractivity contribution in [2.45, 2.75) is 18.2 Å². The Morgan fingerprint density at radius 3 is 2.33 bits per heavy atom. The molecule has 0 aliphatic carbocycles. The normalized spacial score (nSPS) is 11.2. The molecule has 0 amide bonds. The van der Waals surface area contributed by atoms with Gasteiger partial charge in [0.15, 0.2) is 0 Å². The fraction of sp³-hybridized carbons (Fsp3) is 0.273. The molecule has 0 aliphatic heterocycles. The topological polar surface area (TPSA) is 0 Å². The maximum atomic E-state index is 3.78. The molecule has 0 aliphatic rings. The van der Waals surface area contributed by atoms with Crippen LogP contribution in [0.3, 0.4) is 0 Å². The molecule has 1 aromatic rings. The zero-order valence-electron chi connectivity index (χ0n) is 7.47. The van der Waals surface area contributed by atoms with Crippen molar-refractivity contribution in [1.29, 1.82) is 0 Å². The van der Waals surface area contributed by atoms with Crippen LogP contribution in [-0.4, -0.2) is 0 Å². The molecule has 0 saturated carbocycles. The Labute approximate surface area is 82.4 Å². The lowest BCUT2D eigenvalue weighted by Crippen LogP contribution is -2.08. The molecule has 0 aromatic heterocycles. The first kappa shape index (κ1) is 9.53. The first-order valence-corrected chi connectivity index (χ1v) is 4.76. The van der Waals surface area contributed by atoms with Gasteiger partial charge in [-0.25, -0.2) is 0 Å². The Kier molecular flexibility index (Phi) is 2.73. The molecule has 1 heteroatoms. The van der Waals surface area contributed by atoms with Gasteiger partial charge in [0.25, 0.3) is 0 Å². The van der Waals surface area contributed by atoms with Crippen molar-refractivity contribution in [2.75, 3.05) is 0 Å². The van der Waals surface area contributed by atoms with Crippen molar-refractivity contribution in [1.82, 2.24) is 0 Å². The van der Waals surface area contributed by atoms with E-state index in [1.807, 2.05) is 18.2 Å². The average Bonchev–Trinajstić information content (AvgIpc) is 2.03. The molecule has 12 heavy (non-hydrogen) atoms. The molecule has 0 unspecified atom stereocenters. The smallest absolute Gasteiger partial charge is 0.0455 e. The van der Waals surface area contributed by atoms with E-state index in [-0.39, 0.29) is 4.32 Å². The van der Waals surface area contributed by atoms with E-state index in [9.17, 15) is 0 Å². The zero-order chi connectivity index (χ0) is 9.19. The fourth-order valence-electron chi connectivity index (χ4n) is 1.22. The molecule has 64 valence electrons. The minimum absolute atomic E-state index is 0.0256. The van der Waals surface area contributed by atoms with Gasteiger partial charge in [-0.3, -0.25) is 0 Å². The van der Waals surface area contributed by atoms with Gasteiger partial charge in [-0.2, -0.15) is 0 Å². The summed E-state index contributed by atoms with van der Waals surface area (Å²) in [5.74, 6) is 0. The highest BCUT2D eigenvalue weighted by Gasteiger charge is 2.17. The molecule has 0 atom stereocenters. The molecule has 0 nitrogen and oxygen atoms in total. The standard InChI is InChI=1S/C11H13Br/c1-4-9-7-5-6-8-10(9)11(2,3)12/h4-8H,1H2,2-3H3. The van der Waals surface area contributed by atoms with E-state index >= 15 is 0 Å². The van der Waals surface area contributed by atoms with Gasteiger partial charge >= 0.3 is 0 Å². The van der Waals surface area contributed by atoms with Crippen molar-refractivity contribution < 1.29 is 0 Å². The first-order valence-electron chi connectivity index (χ1n) is 3.96. The number of rotatable bonds is 2. The van der Waals surface area contributed by atoms with Crippen LogP contribution >= 0.6 is 15.9 Å². The van der Waals surface area contributed by atoms with E-state index in [1.54, 1.807) is 0 Å². The third-order valence-electron chi connectivity index (χ3n) is 1.82. The Morgan fingerprint density at radius 1 is 1.33 bits per heavy atom. The van der Waals surface area contributed by atoms with Crippen LogP contribution in [-0.2, 0) is 4.32 Å². The van der Waals surface area contributed by atoms with Crippen molar-refractivity contribution in [2.24, 2.45) is 0 Å². The number of hydrogen-bond acceptors (Lipinski definition) is 0. The summed E-state index contributed by atoms with van der Waals surface area (Å²) in [6.45, 7) is 8.05. The third kappa shape index (κ3) is 1.98. The van der Waals surface area contributed by atoms with Gasteiger partial charge in [-0.15, -0.1) is 0 Å². The summed E-state index contributed by atoms with van der Waals surface area (Å²) >= 11 is 3.63. The monoisotopic (exact) mass is 224 g/mol. The first-order chi connectivity index (χ1) is 5.55. The number of halogens is 1. The van der Waals surface area contributed by atoms with E-state index in [2.05, 4.69) is 48.5 Å². The predicted molar refractivity (Wildman–Crippen MR) is 58.5 cm³/mol. The van der Waals surface area contributed by atoms with Gasteiger partial charge in [0.1, 0.15) is 0 Å². The van der Waals surface area contributed by atoms with Crippen molar-refractivity contribution in [3.8, 4) is 0 Å². The quantitative estimate of drug-likeness (QED) is 0.668. The van der Waals surface area contributed by atoms with Gasteiger partial charge in [-0.1, -0.05) is 52.9 Å². The molecule has 0 fully saturated rings. The summed E-state index contributed by atoms with van der Waals surface area (Å²) in [7, 11) is 0. The SMILES string of the molecule is C=Cc1ccccc1C(C)(C)Br. The number of hydrogen-bond donors (Lipinski definition) is 0. The molecule has 0 spiro atoms. The lowest BCUT2D eigenvalue weighted by atomic mass is 9.97. The maximum Gasteiger partial charge on any atom is 0.0455 e. The van der Waals surface area contributed by atoms with Crippen LogP contribution in [0.2, 0.25) is 0 Å². The van der Waals surface area contributed by atoms with Gasteiger partial charge in [0.05, 0.1) is 0 Å². The van der Waals surface area contributed by atoms with Crippen LogP contribution in [0.15, 0.2) is 30.8 Å². The second-order valence-corrected chi connectivity index (χ2v) is 5.25. The van der Waals surface area contributed by atoms with Crippen molar-refractivity contribution in [3.63, 3.8) is 0 Å². The summed E-state index contributed by atoms with van der Waals surface area (Å²) < 4.78 is 0.0256. The molecule has 0 radical (unpaired) electrons. The zero-order valence-corrected chi connectivity index (χ0v) is 9.06. The molecule has 0 saturated heterocycles. The highest BCUT2D eigenvalue weighted by atomic mass is 79.9. The van der Waals surface area contributed by atoms with Crippen LogP contribution in [0.1, 0.15) is 25.0 Å². The summed E-state index contributed by atoms with van der Waals surface area (Å²) in [6, 6.07) is 8.27. The van der Waals surface area contributed by atoms with E-state index in [0.29, 0.717) is 0 Å². The molecule has 0 N–H and O–H groups in total. The number of alkyl halides is 1. The summed E-state index contributed by atoms with van der Waals surface area (Å²) in [5, 5.41) is 0. The molecular weight excluding hydrogens is 212 g/mol. The van der Waals surface area contributed by atoms with Gasteiger partial charge in [0.2, 0.25) is 0 Å².